The number of para-hydroxylation sites is 1. The normalized spacial score (nSPS) is 21.1. The first kappa shape index (κ1) is 18.8. The Labute approximate surface area is 189 Å². The third kappa shape index (κ3) is 3.20. The maximum atomic E-state index is 6.54. The molecule has 3 aliphatic rings. The Bertz CT molecular complexity index is 1210. The molecule has 3 aliphatic heterocycles. The highest BCUT2D eigenvalue weighted by molar-refractivity contribution is 6.35. The quantitative estimate of drug-likeness (QED) is 0.477. The van der Waals surface area contributed by atoms with E-state index in [4.69, 9.17) is 42.5 Å². The van der Waals surface area contributed by atoms with Gasteiger partial charge in [-0.2, -0.15) is 5.10 Å². The highest BCUT2D eigenvalue weighted by Gasteiger charge is 2.41. The second kappa shape index (κ2) is 7.36. The van der Waals surface area contributed by atoms with Gasteiger partial charge in [-0.3, -0.25) is 0 Å². The summed E-state index contributed by atoms with van der Waals surface area (Å²) in [4.78, 5) is 0. The van der Waals surface area contributed by atoms with Crippen molar-refractivity contribution in [2.24, 2.45) is 5.10 Å². The average molecular weight is 453 g/mol. The number of fused-ring (bicyclic) bond motifs is 4. The van der Waals surface area contributed by atoms with Gasteiger partial charge in [0, 0.05) is 28.1 Å². The molecule has 156 valence electrons. The van der Waals surface area contributed by atoms with Crippen molar-refractivity contribution in [3.8, 4) is 17.2 Å². The Morgan fingerprint density at radius 3 is 2.55 bits per heavy atom. The van der Waals surface area contributed by atoms with Crippen molar-refractivity contribution in [3.05, 3.63) is 87.4 Å². The van der Waals surface area contributed by atoms with Crippen LogP contribution in [-0.4, -0.2) is 23.9 Å². The lowest BCUT2D eigenvalue weighted by molar-refractivity contribution is -0.0189. The van der Waals surface area contributed by atoms with Crippen LogP contribution in [0.5, 0.6) is 17.2 Å². The molecule has 0 radical (unpaired) electrons. The van der Waals surface area contributed by atoms with E-state index in [2.05, 4.69) is 6.07 Å². The predicted octanol–water partition coefficient (Wildman–Crippen LogP) is 6.01. The standard InChI is InChI=1S/C24H18Cl2N2O3/c25-15-6-7-16(18(26)12-15)24-28-20(17-3-1-2-4-21(17)31-24)13-19(27-28)14-5-8-22-23(11-14)30-10-9-29-22/h1-8,11-12,20,24H,9-10,13H2/t20-,24-/m0/s1. The zero-order chi connectivity index (χ0) is 20.9. The van der Waals surface area contributed by atoms with Crippen molar-refractivity contribution in [2.45, 2.75) is 18.7 Å². The van der Waals surface area contributed by atoms with Gasteiger partial charge in [-0.1, -0.05) is 47.5 Å². The van der Waals surface area contributed by atoms with Gasteiger partial charge in [0.2, 0.25) is 6.23 Å². The Morgan fingerprint density at radius 1 is 0.839 bits per heavy atom. The summed E-state index contributed by atoms with van der Waals surface area (Å²) in [5.74, 6) is 2.37. The summed E-state index contributed by atoms with van der Waals surface area (Å²) >= 11 is 12.7. The van der Waals surface area contributed by atoms with Crippen LogP contribution in [0.3, 0.4) is 0 Å². The minimum Gasteiger partial charge on any atom is -0.486 e. The summed E-state index contributed by atoms with van der Waals surface area (Å²) in [5, 5.41) is 8.13. The molecule has 7 heteroatoms. The summed E-state index contributed by atoms with van der Waals surface area (Å²) in [6.45, 7) is 1.12. The van der Waals surface area contributed by atoms with E-state index in [0.717, 1.165) is 46.1 Å². The molecule has 0 saturated heterocycles. The van der Waals surface area contributed by atoms with Gasteiger partial charge in [0.05, 0.1) is 16.8 Å². The zero-order valence-corrected chi connectivity index (χ0v) is 17.9. The fourth-order valence-corrected chi connectivity index (χ4v) is 4.84. The Morgan fingerprint density at radius 2 is 1.68 bits per heavy atom. The van der Waals surface area contributed by atoms with E-state index in [1.807, 2.05) is 53.5 Å². The summed E-state index contributed by atoms with van der Waals surface area (Å²) < 4.78 is 17.8. The van der Waals surface area contributed by atoms with E-state index in [1.54, 1.807) is 6.07 Å². The predicted molar refractivity (Wildman–Crippen MR) is 119 cm³/mol. The van der Waals surface area contributed by atoms with Gasteiger partial charge in [0.15, 0.2) is 11.5 Å². The molecule has 0 saturated carbocycles. The van der Waals surface area contributed by atoms with E-state index in [9.17, 15) is 0 Å². The number of nitrogens with zero attached hydrogens (tertiary/aromatic N) is 2. The van der Waals surface area contributed by atoms with E-state index in [-0.39, 0.29) is 6.04 Å². The SMILES string of the molecule is Clc1ccc([C@@H]2Oc3ccccc3[C@@H]3CC(c4ccc5c(c4)OCCO5)=NN32)c(Cl)c1. The summed E-state index contributed by atoms with van der Waals surface area (Å²) in [5.41, 5.74) is 3.92. The molecule has 0 aliphatic carbocycles. The topological polar surface area (TPSA) is 43.3 Å². The van der Waals surface area contributed by atoms with E-state index in [1.165, 1.54) is 0 Å². The lowest BCUT2D eigenvalue weighted by atomic mass is 9.95. The molecule has 3 aromatic carbocycles. The highest BCUT2D eigenvalue weighted by Crippen LogP contribution is 2.48. The number of hydrogen-bond acceptors (Lipinski definition) is 5. The van der Waals surface area contributed by atoms with Crippen molar-refractivity contribution >= 4 is 28.9 Å². The van der Waals surface area contributed by atoms with Crippen molar-refractivity contribution in [1.29, 1.82) is 0 Å². The van der Waals surface area contributed by atoms with Crippen LogP contribution >= 0.6 is 23.2 Å². The Hall–Kier alpha value is -2.89. The Balaban J connectivity index is 1.43. The van der Waals surface area contributed by atoms with E-state index >= 15 is 0 Å². The molecule has 5 nitrogen and oxygen atoms in total. The van der Waals surface area contributed by atoms with Gasteiger partial charge in [-0.15, -0.1) is 0 Å². The van der Waals surface area contributed by atoms with Crippen LogP contribution in [0.4, 0.5) is 0 Å². The van der Waals surface area contributed by atoms with Crippen molar-refractivity contribution in [3.63, 3.8) is 0 Å². The van der Waals surface area contributed by atoms with Crippen molar-refractivity contribution in [2.75, 3.05) is 13.2 Å². The molecular weight excluding hydrogens is 435 g/mol. The minimum atomic E-state index is -0.445. The van der Waals surface area contributed by atoms with Gasteiger partial charge in [0.25, 0.3) is 0 Å². The molecule has 0 N–H and O–H groups in total. The van der Waals surface area contributed by atoms with Gasteiger partial charge >= 0.3 is 0 Å². The maximum absolute atomic E-state index is 6.54. The number of benzene rings is 3. The van der Waals surface area contributed by atoms with Crippen LogP contribution in [0.1, 0.15) is 35.4 Å². The maximum Gasteiger partial charge on any atom is 0.215 e. The molecule has 3 aromatic rings. The van der Waals surface area contributed by atoms with Crippen LogP contribution in [0.25, 0.3) is 0 Å². The summed E-state index contributed by atoms with van der Waals surface area (Å²) in [7, 11) is 0. The molecule has 0 fully saturated rings. The number of rotatable bonds is 2. The molecule has 3 heterocycles. The van der Waals surface area contributed by atoms with Crippen molar-refractivity contribution < 1.29 is 14.2 Å². The average Bonchev–Trinajstić information content (AvgIpc) is 3.24. The molecule has 0 aromatic heterocycles. The highest BCUT2D eigenvalue weighted by atomic mass is 35.5. The van der Waals surface area contributed by atoms with E-state index < -0.39 is 6.23 Å². The lowest BCUT2D eigenvalue weighted by Crippen LogP contribution is -2.33. The molecule has 31 heavy (non-hydrogen) atoms. The van der Waals surface area contributed by atoms with Gasteiger partial charge in [-0.25, -0.2) is 5.01 Å². The smallest absolute Gasteiger partial charge is 0.215 e. The molecule has 0 amide bonds. The molecule has 0 unspecified atom stereocenters. The van der Waals surface area contributed by atoms with Crippen LogP contribution in [0.2, 0.25) is 10.0 Å². The fourth-order valence-electron chi connectivity index (χ4n) is 4.34. The third-order valence-electron chi connectivity index (χ3n) is 5.80. The minimum absolute atomic E-state index is 0.0462. The van der Waals surface area contributed by atoms with Gasteiger partial charge < -0.3 is 14.2 Å². The first-order valence-electron chi connectivity index (χ1n) is 10.1. The van der Waals surface area contributed by atoms with Crippen LogP contribution in [0.15, 0.2) is 65.8 Å². The number of ether oxygens (including phenoxy) is 3. The number of halogens is 2. The molecule has 2 atom stereocenters. The molecular formula is C24H18Cl2N2O3. The van der Waals surface area contributed by atoms with Crippen LogP contribution in [0, 0.1) is 0 Å². The van der Waals surface area contributed by atoms with Gasteiger partial charge in [-0.05, 0) is 36.4 Å². The Kier molecular flexibility index (Phi) is 4.47. The summed E-state index contributed by atoms with van der Waals surface area (Å²) in [6, 6.07) is 19.6. The van der Waals surface area contributed by atoms with Crippen LogP contribution in [-0.2, 0) is 0 Å². The van der Waals surface area contributed by atoms with E-state index in [0.29, 0.717) is 23.3 Å². The third-order valence-corrected chi connectivity index (χ3v) is 6.37. The van der Waals surface area contributed by atoms with Gasteiger partial charge in [0.1, 0.15) is 19.0 Å². The zero-order valence-electron chi connectivity index (χ0n) is 16.4. The number of hydrazone groups is 1. The monoisotopic (exact) mass is 452 g/mol. The largest absolute Gasteiger partial charge is 0.486 e. The molecule has 6 rings (SSSR count). The number of hydrogen-bond donors (Lipinski definition) is 0. The molecule has 0 spiro atoms. The fraction of sp³-hybridized carbons (Fsp3) is 0.208. The second-order valence-electron chi connectivity index (χ2n) is 7.68. The first-order valence-corrected chi connectivity index (χ1v) is 10.9. The van der Waals surface area contributed by atoms with Crippen LogP contribution < -0.4 is 14.2 Å². The lowest BCUT2D eigenvalue weighted by Gasteiger charge is -2.38. The second-order valence-corrected chi connectivity index (χ2v) is 8.52. The first-order chi connectivity index (χ1) is 15.2. The molecule has 0 bridgehead atoms. The van der Waals surface area contributed by atoms with Crippen molar-refractivity contribution in [1.82, 2.24) is 5.01 Å². The summed E-state index contributed by atoms with van der Waals surface area (Å²) in [6.07, 6.45) is 0.307.